The van der Waals surface area contributed by atoms with E-state index in [1.54, 1.807) is 18.3 Å². The van der Waals surface area contributed by atoms with Gasteiger partial charge in [-0.1, -0.05) is 32.4 Å². The number of pyridine rings is 1. The van der Waals surface area contributed by atoms with E-state index in [4.69, 9.17) is 11.6 Å². The molecule has 0 radical (unpaired) electrons. The Bertz CT molecular complexity index is 515. The van der Waals surface area contributed by atoms with Gasteiger partial charge in [0.25, 0.3) is 0 Å². The van der Waals surface area contributed by atoms with Crippen LogP contribution in [0.3, 0.4) is 0 Å². The second-order valence-corrected chi connectivity index (χ2v) is 8.40. The van der Waals surface area contributed by atoms with Crippen molar-refractivity contribution in [1.29, 1.82) is 0 Å². The zero-order valence-electron chi connectivity index (χ0n) is 12.7. The molecule has 1 aliphatic rings. The number of rotatable bonds is 3. The third-order valence-corrected chi connectivity index (χ3v) is 6.11. The highest BCUT2D eigenvalue weighted by atomic mass is 35.5. The van der Waals surface area contributed by atoms with Crippen LogP contribution in [0, 0.1) is 17.3 Å². The molecule has 116 valence electrons. The number of halogens is 1. The average Bonchev–Trinajstić information content (AvgIpc) is 2.40. The van der Waals surface area contributed by atoms with Gasteiger partial charge >= 0.3 is 5.97 Å². The Kier molecular flexibility index (Phi) is 5.20. The van der Waals surface area contributed by atoms with Gasteiger partial charge in [0.2, 0.25) is 0 Å². The SMILES string of the molecule is CC(C)(C)C1CCC(C(=O)O)C(Sc2ncccc2Cl)C1. The van der Waals surface area contributed by atoms with Gasteiger partial charge in [0.1, 0.15) is 5.03 Å². The molecule has 1 aliphatic carbocycles. The van der Waals surface area contributed by atoms with Crippen LogP contribution in [0.2, 0.25) is 5.02 Å². The first-order valence-electron chi connectivity index (χ1n) is 7.29. The van der Waals surface area contributed by atoms with Crippen LogP contribution in [0.5, 0.6) is 0 Å². The Labute approximate surface area is 135 Å². The van der Waals surface area contributed by atoms with Gasteiger partial charge in [0.15, 0.2) is 0 Å². The number of aromatic nitrogens is 1. The molecule has 0 aliphatic heterocycles. The number of nitrogens with zero attached hydrogens (tertiary/aromatic N) is 1. The molecule has 1 saturated carbocycles. The lowest BCUT2D eigenvalue weighted by Gasteiger charge is -2.40. The summed E-state index contributed by atoms with van der Waals surface area (Å²) in [6.07, 6.45) is 4.32. The molecule has 1 aromatic rings. The summed E-state index contributed by atoms with van der Waals surface area (Å²) < 4.78 is 0. The highest BCUT2D eigenvalue weighted by Gasteiger charge is 2.39. The third-order valence-electron chi connectivity index (χ3n) is 4.32. The summed E-state index contributed by atoms with van der Waals surface area (Å²) in [7, 11) is 0. The minimum atomic E-state index is -0.702. The maximum absolute atomic E-state index is 11.5. The highest BCUT2D eigenvalue weighted by Crippen LogP contribution is 2.46. The molecule has 0 amide bonds. The molecule has 1 aromatic heterocycles. The number of carbonyl (C=O) groups is 1. The smallest absolute Gasteiger partial charge is 0.307 e. The van der Waals surface area contributed by atoms with Crippen molar-refractivity contribution in [2.75, 3.05) is 0 Å². The van der Waals surface area contributed by atoms with Crippen molar-refractivity contribution in [3.63, 3.8) is 0 Å². The molecule has 3 nitrogen and oxygen atoms in total. The summed E-state index contributed by atoms with van der Waals surface area (Å²) in [4.78, 5) is 15.8. The highest BCUT2D eigenvalue weighted by molar-refractivity contribution is 8.00. The molecular weight excluding hydrogens is 306 g/mol. The molecule has 1 heterocycles. The van der Waals surface area contributed by atoms with Gasteiger partial charge < -0.3 is 5.11 Å². The van der Waals surface area contributed by atoms with Gasteiger partial charge in [0.05, 0.1) is 10.9 Å². The number of hydrogen-bond acceptors (Lipinski definition) is 3. The van der Waals surface area contributed by atoms with Crippen molar-refractivity contribution in [2.45, 2.75) is 50.3 Å². The summed E-state index contributed by atoms with van der Waals surface area (Å²) in [5, 5.41) is 10.9. The van der Waals surface area contributed by atoms with E-state index in [1.165, 1.54) is 11.8 Å². The van der Waals surface area contributed by atoms with E-state index in [0.29, 0.717) is 10.9 Å². The number of thioether (sulfide) groups is 1. The molecule has 21 heavy (non-hydrogen) atoms. The fraction of sp³-hybridized carbons (Fsp3) is 0.625. The summed E-state index contributed by atoms with van der Waals surface area (Å²) >= 11 is 7.69. The van der Waals surface area contributed by atoms with Crippen molar-refractivity contribution < 1.29 is 9.90 Å². The van der Waals surface area contributed by atoms with Crippen LogP contribution in [-0.4, -0.2) is 21.3 Å². The monoisotopic (exact) mass is 327 g/mol. The summed E-state index contributed by atoms with van der Waals surface area (Å²) in [6.45, 7) is 6.69. The molecule has 5 heteroatoms. The van der Waals surface area contributed by atoms with Gasteiger partial charge in [0, 0.05) is 11.4 Å². The van der Waals surface area contributed by atoms with E-state index in [9.17, 15) is 9.90 Å². The standard InChI is InChI=1S/C16H22ClNO2S/c1-16(2,3)10-6-7-11(15(19)20)13(9-10)21-14-12(17)5-4-8-18-14/h4-5,8,10-11,13H,6-7,9H2,1-3H3,(H,19,20). The Hall–Kier alpha value is -0.740. The molecule has 1 fully saturated rings. The fourth-order valence-corrected chi connectivity index (χ4v) is 4.52. The van der Waals surface area contributed by atoms with Gasteiger partial charge in [-0.2, -0.15) is 0 Å². The Morgan fingerprint density at radius 3 is 2.71 bits per heavy atom. The Balaban J connectivity index is 2.18. The van der Waals surface area contributed by atoms with E-state index in [2.05, 4.69) is 25.8 Å². The van der Waals surface area contributed by atoms with Crippen molar-refractivity contribution >= 4 is 29.3 Å². The van der Waals surface area contributed by atoms with Crippen LogP contribution in [0.1, 0.15) is 40.0 Å². The summed E-state index contributed by atoms with van der Waals surface area (Å²) in [5.74, 6) is -0.480. The fourth-order valence-electron chi connectivity index (χ4n) is 2.93. The number of aliphatic carboxylic acids is 1. The van der Waals surface area contributed by atoms with Crippen molar-refractivity contribution in [3.05, 3.63) is 23.4 Å². The van der Waals surface area contributed by atoms with Crippen LogP contribution in [0.25, 0.3) is 0 Å². The molecule has 0 aromatic carbocycles. The van der Waals surface area contributed by atoms with Crippen molar-refractivity contribution in [2.24, 2.45) is 17.3 Å². The lowest BCUT2D eigenvalue weighted by Crippen LogP contribution is -2.37. The second-order valence-electron chi connectivity index (χ2n) is 6.77. The van der Waals surface area contributed by atoms with Crippen molar-refractivity contribution in [1.82, 2.24) is 4.98 Å². The van der Waals surface area contributed by atoms with E-state index >= 15 is 0 Å². The van der Waals surface area contributed by atoms with Crippen LogP contribution in [0.15, 0.2) is 23.4 Å². The maximum Gasteiger partial charge on any atom is 0.307 e. The maximum atomic E-state index is 11.5. The second kappa shape index (κ2) is 6.57. The largest absolute Gasteiger partial charge is 0.481 e. The predicted octanol–water partition coefficient (Wildman–Crippen LogP) is 4.74. The lowest BCUT2D eigenvalue weighted by atomic mass is 9.69. The van der Waals surface area contributed by atoms with Gasteiger partial charge in [-0.05, 0) is 42.7 Å². The van der Waals surface area contributed by atoms with Gasteiger partial charge in [-0.25, -0.2) is 4.98 Å². The van der Waals surface area contributed by atoms with E-state index in [-0.39, 0.29) is 16.6 Å². The molecular formula is C16H22ClNO2S. The Morgan fingerprint density at radius 1 is 1.43 bits per heavy atom. The van der Waals surface area contributed by atoms with E-state index in [0.717, 1.165) is 24.3 Å². The van der Waals surface area contributed by atoms with E-state index in [1.807, 2.05) is 0 Å². The zero-order valence-corrected chi connectivity index (χ0v) is 14.2. The number of carboxylic acids is 1. The Morgan fingerprint density at radius 2 is 2.14 bits per heavy atom. The molecule has 0 saturated heterocycles. The summed E-state index contributed by atoms with van der Waals surface area (Å²) in [5.41, 5.74) is 0.205. The topological polar surface area (TPSA) is 50.2 Å². The number of carboxylic acid groups (broad SMARTS) is 1. The molecule has 2 rings (SSSR count). The van der Waals surface area contributed by atoms with Gasteiger partial charge in [-0.3, -0.25) is 4.79 Å². The summed E-state index contributed by atoms with van der Waals surface area (Å²) in [6, 6.07) is 3.59. The average molecular weight is 328 g/mol. The first-order chi connectivity index (χ1) is 9.79. The first-order valence-corrected chi connectivity index (χ1v) is 8.54. The van der Waals surface area contributed by atoms with Crippen LogP contribution < -0.4 is 0 Å². The van der Waals surface area contributed by atoms with Crippen molar-refractivity contribution in [3.8, 4) is 0 Å². The lowest BCUT2D eigenvalue weighted by molar-refractivity contribution is -0.143. The minimum absolute atomic E-state index is 0.0351. The third kappa shape index (κ3) is 4.13. The number of hydrogen-bond donors (Lipinski definition) is 1. The molecule has 3 unspecified atom stereocenters. The van der Waals surface area contributed by atoms with E-state index < -0.39 is 5.97 Å². The van der Waals surface area contributed by atoms with Gasteiger partial charge in [-0.15, -0.1) is 11.8 Å². The predicted molar refractivity (Wildman–Crippen MR) is 86.8 cm³/mol. The normalized spacial score (nSPS) is 26.6. The molecule has 0 spiro atoms. The zero-order chi connectivity index (χ0) is 15.6. The van der Waals surface area contributed by atoms with Crippen LogP contribution in [-0.2, 0) is 4.79 Å². The molecule has 1 N–H and O–H groups in total. The van der Waals surface area contributed by atoms with Crippen LogP contribution in [0.4, 0.5) is 0 Å². The quantitative estimate of drug-likeness (QED) is 0.871. The minimum Gasteiger partial charge on any atom is -0.481 e. The first kappa shape index (κ1) is 16.6. The molecule has 3 atom stereocenters. The molecule has 0 bridgehead atoms. The van der Waals surface area contributed by atoms with Crippen LogP contribution >= 0.6 is 23.4 Å².